The van der Waals surface area contributed by atoms with Crippen molar-refractivity contribution in [2.45, 2.75) is 40.0 Å². The van der Waals surface area contributed by atoms with Crippen molar-refractivity contribution in [1.82, 2.24) is 34.5 Å². The van der Waals surface area contributed by atoms with Gasteiger partial charge in [0.1, 0.15) is 17.8 Å². The first-order chi connectivity index (χ1) is 15.2. The van der Waals surface area contributed by atoms with Gasteiger partial charge >= 0.3 is 0 Å². The lowest BCUT2D eigenvalue weighted by atomic mass is 9.96. The molecule has 1 amide bonds. The fourth-order valence-corrected chi connectivity index (χ4v) is 3.68. The number of imidazole rings is 1. The minimum Gasteiger partial charge on any atom is -0.335 e. The van der Waals surface area contributed by atoms with Gasteiger partial charge in [0, 0.05) is 50.5 Å². The zero-order valence-electron chi connectivity index (χ0n) is 19.4. The number of carbonyl (C=O) groups is 1. The molecule has 9 heteroatoms. The number of hydrogen-bond donors (Lipinski definition) is 0. The van der Waals surface area contributed by atoms with Crippen LogP contribution in [0.1, 0.15) is 50.9 Å². The van der Waals surface area contributed by atoms with E-state index >= 15 is 0 Å². The number of hydrogen-bond acceptors (Lipinski definition) is 7. The summed E-state index contributed by atoms with van der Waals surface area (Å²) in [4.78, 5) is 30.4. The second-order valence-electron chi connectivity index (χ2n) is 9.73. The van der Waals surface area contributed by atoms with Crippen LogP contribution in [0.15, 0.2) is 35.4 Å². The van der Waals surface area contributed by atoms with Gasteiger partial charge in [0.25, 0.3) is 11.8 Å². The molecule has 0 spiro atoms. The minimum atomic E-state index is -0.185. The highest BCUT2D eigenvalue weighted by atomic mass is 16.5. The highest BCUT2D eigenvalue weighted by Crippen LogP contribution is 2.23. The molecule has 170 valence electrons. The average molecular weight is 438 g/mol. The minimum absolute atomic E-state index is 0.0369. The maximum Gasteiger partial charge on any atom is 0.274 e. The molecule has 3 aromatic rings. The van der Waals surface area contributed by atoms with Crippen LogP contribution in [0.25, 0.3) is 17.3 Å². The molecule has 0 saturated carbocycles. The fourth-order valence-electron chi connectivity index (χ4n) is 3.68. The van der Waals surface area contributed by atoms with Crippen molar-refractivity contribution in [2.75, 3.05) is 32.7 Å². The third-order valence-electron chi connectivity index (χ3n) is 5.44. The number of aromatic nitrogens is 5. The summed E-state index contributed by atoms with van der Waals surface area (Å²) >= 11 is 0. The topological polar surface area (TPSA) is 93.2 Å². The van der Waals surface area contributed by atoms with Gasteiger partial charge in [0.05, 0.1) is 5.56 Å². The van der Waals surface area contributed by atoms with Crippen LogP contribution in [0.5, 0.6) is 0 Å². The summed E-state index contributed by atoms with van der Waals surface area (Å²) in [6, 6.07) is 3.72. The van der Waals surface area contributed by atoms with Crippen molar-refractivity contribution in [1.29, 1.82) is 0 Å². The third kappa shape index (κ3) is 4.88. The number of rotatable bonds is 5. The van der Waals surface area contributed by atoms with Crippen LogP contribution in [-0.4, -0.2) is 73.1 Å². The molecule has 0 atom stereocenters. The zero-order chi connectivity index (χ0) is 22.9. The lowest BCUT2D eigenvalue weighted by Crippen LogP contribution is -2.49. The second-order valence-corrected chi connectivity index (χ2v) is 9.73. The summed E-state index contributed by atoms with van der Waals surface area (Å²) < 4.78 is 7.13. The van der Waals surface area contributed by atoms with Gasteiger partial charge in [0.15, 0.2) is 5.82 Å². The quantitative estimate of drug-likeness (QED) is 0.606. The van der Waals surface area contributed by atoms with Crippen LogP contribution in [0.2, 0.25) is 0 Å². The Kier molecular flexibility index (Phi) is 6.10. The molecule has 0 aliphatic carbocycles. The highest BCUT2D eigenvalue weighted by Gasteiger charge is 2.24. The van der Waals surface area contributed by atoms with Crippen molar-refractivity contribution in [3.63, 3.8) is 0 Å². The largest absolute Gasteiger partial charge is 0.335 e. The molecular weight excluding hydrogens is 406 g/mol. The molecular formula is C23H31N7O2. The molecule has 0 N–H and O–H groups in total. The fraction of sp³-hybridized carbons (Fsp3) is 0.522. The van der Waals surface area contributed by atoms with E-state index < -0.39 is 0 Å². The van der Waals surface area contributed by atoms with E-state index in [4.69, 9.17) is 4.52 Å². The maximum atomic E-state index is 12.9. The van der Waals surface area contributed by atoms with Gasteiger partial charge in [-0.3, -0.25) is 14.3 Å². The van der Waals surface area contributed by atoms with Crippen LogP contribution < -0.4 is 0 Å². The molecule has 0 radical (unpaired) electrons. The van der Waals surface area contributed by atoms with E-state index in [1.54, 1.807) is 23.3 Å². The number of carbonyl (C=O) groups excluding carboxylic acids is 1. The molecule has 1 aliphatic heterocycles. The second kappa shape index (κ2) is 8.82. The Balaban J connectivity index is 1.41. The van der Waals surface area contributed by atoms with E-state index in [0.29, 0.717) is 29.1 Å². The molecule has 9 nitrogen and oxygen atoms in total. The Bertz CT molecular complexity index is 1050. The zero-order valence-corrected chi connectivity index (χ0v) is 19.4. The maximum absolute atomic E-state index is 12.9. The Morgan fingerprint density at radius 3 is 2.47 bits per heavy atom. The predicted molar refractivity (Wildman–Crippen MR) is 121 cm³/mol. The smallest absolute Gasteiger partial charge is 0.274 e. The molecule has 3 aromatic heterocycles. The van der Waals surface area contributed by atoms with E-state index in [9.17, 15) is 4.79 Å². The van der Waals surface area contributed by atoms with Gasteiger partial charge in [-0.1, -0.05) is 39.8 Å². The first-order valence-corrected chi connectivity index (χ1v) is 11.1. The lowest BCUT2D eigenvalue weighted by molar-refractivity contribution is 0.0618. The van der Waals surface area contributed by atoms with Crippen molar-refractivity contribution in [3.05, 3.63) is 42.4 Å². The highest BCUT2D eigenvalue weighted by molar-refractivity contribution is 5.92. The van der Waals surface area contributed by atoms with Gasteiger partial charge in [-0.15, -0.1) is 0 Å². The standard InChI is InChI=1S/C23H31N7O2/c1-16(2)13-28-8-10-29(11-9-28)21(31)18-14-30(15-25-18)19-7-6-17(12-24-19)20-26-22(27-32-20)23(3,4)5/h6-7,12,14-16H,8-11,13H2,1-5H3. The molecule has 32 heavy (non-hydrogen) atoms. The molecule has 0 unspecified atom stereocenters. The molecule has 4 heterocycles. The summed E-state index contributed by atoms with van der Waals surface area (Å²) in [6.07, 6.45) is 5.04. The molecule has 0 bridgehead atoms. The summed E-state index contributed by atoms with van der Waals surface area (Å²) in [5, 5.41) is 4.06. The summed E-state index contributed by atoms with van der Waals surface area (Å²) in [7, 11) is 0. The van der Waals surface area contributed by atoms with Crippen LogP contribution in [0.4, 0.5) is 0 Å². The van der Waals surface area contributed by atoms with Gasteiger partial charge in [-0.05, 0) is 18.1 Å². The van der Waals surface area contributed by atoms with E-state index in [1.807, 2.05) is 37.8 Å². The first-order valence-electron chi connectivity index (χ1n) is 11.1. The lowest BCUT2D eigenvalue weighted by Gasteiger charge is -2.35. The predicted octanol–water partition coefficient (Wildman–Crippen LogP) is 3.03. The Hall–Kier alpha value is -3.07. The van der Waals surface area contributed by atoms with Gasteiger partial charge in [0.2, 0.25) is 0 Å². The summed E-state index contributed by atoms with van der Waals surface area (Å²) in [5.41, 5.74) is 0.989. The number of pyridine rings is 1. The SMILES string of the molecule is CC(C)CN1CCN(C(=O)c2cn(-c3ccc(-c4nc(C(C)(C)C)no4)cn3)cn2)CC1. The molecule has 1 saturated heterocycles. The van der Waals surface area contributed by atoms with E-state index in [1.165, 1.54) is 0 Å². The van der Waals surface area contributed by atoms with Crippen molar-refractivity contribution < 1.29 is 9.32 Å². The van der Waals surface area contributed by atoms with Crippen molar-refractivity contribution in [2.24, 2.45) is 5.92 Å². The number of nitrogens with zero attached hydrogens (tertiary/aromatic N) is 7. The van der Waals surface area contributed by atoms with Crippen LogP contribution in [0.3, 0.4) is 0 Å². The monoisotopic (exact) mass is 437 g/mol. The normalized spacial score (nSPS) is 15.5. The molecule has 1 fully saturated rings. The Labute approximate surface area is 188 Å². The molecule has 1 aliphatic rings. The van der Waals surface area contributed by atoms with E-state index in [2.05, 4.69) is 38.9 Å². The van der Waals surface area contributed by atoms with Crippen LogP contribution in [0, 0.1) is 5.92 Å². The summed E-state index contributed by atoms with van der Waals surface area (Å²) in [6.45, 7) is 14.9. The number of piperazine rings is 1. The van der Waals surface area contributed by atoms with Crippen LogP contribution in [-0.2, 0) is 5.41 Å². The third-order valence-corrected chi connectivity index (χ3v) is 5.44. The first kappa shape index (κ1) is 22.1. The Morgan fingerprint density at radius 2 is 1.88 bits per heavy atom. The average Bonchev–Trinajstić information content (AvgIpc) is 3.44. The summed E-state index contributed by atoms with van der Waals surface area (Å²) in [5.74, 6) is 2.35. The van der Waals surface area contributed by atoms with Gasteiger partial charge in [-0.2, -0.15) is 4.98 Å². The van der Waals surface area contributed by atoms with E-state index in [-0.39, 0.29) is 11.3 Å². The molecule has 0 aromatic carbocycles. The van der Waals surface area contributed by atoms with Crippen molar-refractivity contribution >= 4 is 5.91 Å². The van der Waals surface area contributed by atoms with E-state index in [0.717, 1.165) is 38.3 Å². The van der Waals surface area contributed by atoms with Gasteiger partial charge in [-0.25, -0.2) is 9.97 Å². The van der Waals surface area contributed by atoms with Gasteiger partial charge < -0.3 is 9.42 Å². The Morgan fingerprint density at radius 1 is 1.12 bits per heavy atom. The molecule has 4 rings (SSSR count). The van der Waals surface area contributed by atoms with Crippen molar-refractivity contribution in [3.8, 4) is 17.3 Å². The number of amides is 1. The van der Waals surface area contributed by atoms with Crippen LogP contribution >= 0.6 is 0 Å².